The first-order chi connectivity index (χ1) is 11.2. The number of nitrogens with one attached hydrogen (secondary N) is 1. The Kier molecular flexibility index (Phi) is 4.35. The molecule has 5 heteroatoms. The van der Waals surface area contributed by atoms with Crippen LogP contribution in [0.3, 0.4) is 0 Å². The van der Waals surface area contributed by atoms with Gasteiger partial charge in [0.15, 0.2) is 0 Å². The van der Waals surface area contributed by atoms with Crippen molar-refractivity contribution in [3.8, 4) is 5.75 Å². The monoisotopic (exact) mass is 327 g/mol. The summed E-state index contributed by atoms with van der Waals surface area (Å²) in [5.41, 5.74) is 1.33. The van der Waals surface area contributed by atoms with Crippen molar-refractivity contribution in [3.63, 3.8) is 0 Å². The van der Waals surface area contributed by atoms with Crippen molar-refractivity contribution in [2.75, 3.05) is 12.4 Å². The molecule has 1 N–H and O–H groups in total. The van der Waals surface area contributed by atoms with E-state index < -0.39 is 0 Å². The Hall–Kier alpha value is -2.72. The highest BCUT2D eigenvalue weighted by molar-refractivity contribution is 6.31. The molecule has 1 aromatic heterocycles. The first-order valence-electron chi connectivity index (χ1n) is 6.97. The molecule has 1 heterocycles. The quantitative estimate of drug-likeness (QED) is 0.704. The molecule has 0 fully saturated rings. The third kappa shape index (κ3) is 3.55. The summed E-state index contributed by atoms with van der Waals surface area (Å²) in [5.74, 6) is 0.915. The zero-order valence-corrected chi connectivity index (χ0v) is 13.1. The SMILES string of the molecule is COc1ccccc1NC(=O)C=Cc1cc2cc(Cl)ccc2o1. The van der Waals surface area contributed by atoms with Gasteiger partial charge in [0.1, 0.15) is 17.1 Å². The number of rotatable bonds is 4. The van der Waals surface area contributed by atoms with Crippen LogP contribution in [0.4, 0.5) is 5.69 Å². The molecule has 23 heavy (non-hydrogen) atoms. The summed E-state index contributed by atoms with van der Waals surface area (Å²) in [7, 11) is 1.56. The molecular formula is C18H14ClNO3. The number of hydrogen-bond donors (Lipinski definition) is 1. The number of fused-ring (bicyclic) bond motifs is 1. The molecule has 0 bridgehead atoms. The average Bonchev–Trinajstić information content (AvgIpc) is 2.95. The maximum absolute atomic E-state index is 12.0. The topological polar surface area (TPSA) is 51.5 Å². The van der Waals surface area contributed by atoms with E-state index in [0.717, 1.165) is 11.0 Å². The van der Waals surface area contributed by atoms with E-state index >= 15 is 0 Å². The molecule has 3 aromatic rings. The van der Waals surface area contributed by atoms with E-state index in [0.29, 0.717) is 22.2 Å². The smallest absolute Gasteiger partial charge is 0.248 e. The molecule has 0 unspecified atom stereocenters. The van der Waals surface area contributed by atoms with Crippen molar-refractivity contribution in [2.24, 2.45) is 0 Å². The number of halogens is 1. The second-order valence-electron chi connectivity index (χ2n) is 4.85. The lowest BCUT2D eigenvalue weighted by molar-refractivity contribution is -0.111. The first kappa shape index (κ1) is 15.2. The highest BCUT2D eigenvalue weighted by Gasteiger charge is 2.05. The number of furan rings is 1. The molecule has 2 aromatic carbocycles. The lowest BCUT2D eigenvalue weighted by atomic mass is 10.2. The number of amides is 1. The minimum absolute atomic E-state index is 0.270. The number of carbonyl (C=O) groups excluding carboxylic acids is 1. The Morgan fingerprint density at radius 2 is 2.04 bits per heavy atom. The van der Waals surface area contributed by atoms with Gasteiger partial charge in [0.2, 0.25) is 5.91 Å². The number of anilines is 1. The third-order valence-electron chi connectivity index (χ3n) is 3.26. The third-order valence-corrected chi connectivity index (χ3v) is 3.50. The molecule has 1 amide bonds. The highest BCUT2D eigenvalue weighted by atomic mass is 35.5. The molecule has 4 nitrogen and oxygen atoms in total. The molecule has 0 saturated carbocycles. The zero-order valence-electron chi connectivity index (χ0n) is 12.4. The van der Waals surface area contributed by atoms with Crippen LogP contribution in [0.5, 0.6) is 5.75 Å². The largest absolute Gasteiger partial charge is 0.495 e. The van der Waals surface area contributed by atoms with Crippen molar-refractivity contribution in [1.29, 1.82) is 0 Å². The van der Waals surface area contributed by atoms with Crippen LogP contribution in [0, 0.1) is 0 Å². The Morgan fingerprint density at radius 3 is 2.87 bits per heavy atom. The van der Waals surface area contributed by atoms with Gasteiger partial charge in [0.25, 0.3) is 0 Å². The molecule has 0 saturated heterocycles. The number of carbonyl (C=O) groups is 1. The maximum atomic E-state index is 12.0. The first-order valence-corrected chi connectivity index (χ1v) is 7.35. The van der Waals surface area contributed by atoms with Gasteiger partial charge in [-0.3, -0.25) is 4.79 Å². The second-order valence-corrected chi connectivity index (χ2v) is 5.29. The molecule has 0 radical (unpaired) electrons. The predicted molar refractivity (Wildman–Crippen MR) is 91.9 cm³/mol. The Bertz CT molecular complexity index is 883. The van der Waals surface area contributed by atoms with Crippen molar-refractivity contribution in [3.05, 3.63) is 65.4 Å². The standard InChI is InChI=1S/C18H14ClNO3/c1-22-17-5-3-2-4-15(17)20-18(21)9-7-14-11-12-10-13(19)6-8-16(12)23-14/h2-11H,1H3,(H,20,21). The summed E-state index contributed by atoms with van der Waals surface area (Å²) in [6.45, 7) is 0. The van der Waals surface area contributed by atoms with E-state index in [4.69, 9.17) is 20.8 Å². The van der Waals surface area contributed by atoms with Crippen LogP contribution < -0.4 is 10.1 Å². The number of methoxy groups -OCH3 is 1. The average molecular weight is 328 g/mol. The van der Waals surface area contributed by atoms with Crippen molar-refractivity contribution >= 4 is 40.2 Å². The van der Waals surface area contributed by atoms with Crippen LogP contribution in [0.25, 0.3) is 17.0 Å². The minimum Gasteiger partial charge on any atom is -0.495 e. The van der Waals surface area contributed by atoms with Crippen molar-refractivity contribution in [2.45, 2.75) is 0 Å². The zero-order chi connectivity index (χ0) is 16.2. The summed E-state index contributed by atoms with van der Waals surface area (Å²) in [6.07, 6.45) is 3.02. The van der Waals surface area contributed by atoms with Gasteiger partial charge in [-0.2, -0.15) is 0 Å². The van der Waals surface area contributed by atoms with Gasteiger partial charge < -0.3 is 14.5 Å². The number of benzene rings is 2. The van der Waals surface area contributed by atoms with Gasteiger partial charge in [-0.25, -0.2) is 0 Å². The van der Waals surface area contributed by atoms with Gasteiger partial charge >= 0.3 is 0 Å². The van der Waals surface area contributed by atoms with Gasteiger partial charge in [-0.1, -0.05) is 23.7 Å². The minimum atomic E-state index is -0.270. The van der Waals surface area contributed by atoms with Gasteiger partial charge in [0, 0.05) is 16.5 Å². The van der Waals surface area contributed by atoms with Crippen molar-refractivity contribution in [1.82, 2.24) is 0 Å². The summed E-state index contributed by atoms with van der Waals surface area (Å²) in [5, 5.41) is 4.29. The van der Waals surface area contributed by atoms with Crippen LogP contribution in [-0.2, 0) is 4.79 Å². The predicted octanol–water partition coefficient (Wildman–Crippen LogP) is 4.75. The van der Waals surface area contributed by atoms with Gasteiger partial charge in [0.05, 0.1) is 12.8 Å². The summed E-state index contributed by atoms with van der Waals surface area (Å²) in [4.78, 5) is 12.0. The van der Waals surface area contributed by atoms with Gasteiger partial charge in [-0.05, 0) is 42.5 Å². The summed E-state index contributed by atoms with van der Waals surface area (Å²) >= 11 is 5.94. The Morgan fingerprint density at radius 1 is 1.22 bits per heavy atom. The normalized spacial score (nSPS) is 11.0. The van der Waals surface area contributed by atoms with Gasteiger partial charge in [-0.15, -0.1) is 0 Å². The Labute approximate surface area is 138 Å². The van der Waals surface area contributed by atoms with Crippen LogP contribution in [-0.4, -0.2) is 13.0 Å². The van der Waals surface area contributed by atoms with E-state index in [-0.39, 0.29) is 5.91 Å². The van der Waals surface area contributed by atoms with E-state index in [1.54, 1.807) is 37.5 Å². The second kappa shape index (κ2) is 6.58. The lowest BCUT2D eigenvalue weighted by Gasteiger charge is -2.07. The molecule has 0 aliphatic rings. The molecule has 3 rings (SSSR count). The highest BCUT2D eigenvalue weighted by Crippen LogP contribution is 2.24. The molecule has 116 valence electrons. The van der Waals surface area contributed by atoms with E-state index in [1.807, 2.05) is 24.3 Å². The van der Waals surface area contributed by atoms with Crippen LogP contribution in [0.2, 0.25) is 5.02 Å². The Balaban J connectivity index is 1.74. The van der Waals surface area contributed by atoms with E-state index in [1.165, 1.54) is 6.08 Å². The van der Waals surface area contributed by atoms with Crippen LogP contribution in [0.15, 0.2) is 59.0 Å². The fraction of sp³-hybridized carbons (Fsp3) is 0.0556. The van der Waals surface area contributed by atoms with Crippen molar-refractivity contribution < 1.29 is 13.9 Å². The number of ether oxygens (including phenoxy) is 1. The summed E-state index contributed by atoms with van der Waals surface area (Å²) in [6, 6.07) is 14.4. The molecule has 0 aliphatic heterocycles. The molecule has 0 spiro atoms. The maximum Gasteiger partial charge on any atom is 0.248 e. The fourth-order valence-electron chi connectivity index (χ4n) is 2.20. The van der Waals surface area contributed by atoms with Crippen LogP contribution >= 0.6 is 11.6 Å². The summed E-state index contributed by atoms with van der Waals surface area (Å²) < 4.78 is 10.8. The molecular weight excluding hydrogens is 314 g/mol. The number of para-hydroxylation sites is 2. The van der Waals surface area contributed by atoms with E-state index in [9.17, 15) is 4.79 Å². The molecule has 0 atom stereocenters. The van der Waals surface area contributed by atoms with Crippen LogP contribution in [0.1, 0.15) is 5.76 Å². The molecule has 0 aliphatic carbocycles. The fourth-order valence-corrected chi connectivity index (χ4v) is 2.38. The lowest BCUT2D eigenvalue weighted by Crippen LogP contribution is -2.08. The number of hydrogen-bond acceptors (Lipinski definition) is 3. The van der Waals surface area contributed by atoms with E-state index in [2.05, 4.69) is 5.32 Å².